The van der Waals surface area contributed by atoms with Gasteiger partial charge in [0, 0.05) is 28.1 Å². The van der Waals surface area contributed by atoms with Crippen LogP contribution in [0.5, 0.6) is 5.75 Å². The van der Waals surface area contributed by atoms with Gasteiger partial charge in [-0.25, -0.2) is 9.97 Å². The SMILES string of the molecule is CC1(C)c2ccccc2N(c2cc(-c3ccccc3)ccn2)c2cc(-c3ccc4ccc(C#Cc5ccccc5)c(O)c4n3)ccc21. The number of aromatic hydroxyl groups is 1. The summed E-state index contributed by atoms with van der Waals surface area (Å²) in [7, 11) is 0. The van der Waals surface area contributed by atoms with Gasteiger partial charge >= 0.3 is 0 Å². The maximum Gasteiger partial charge on any atom is 0.157 e. The zero-order valence-electron chi connectivity index (χ0n) is 26.1. The lowest BCUT2D eigenvalue weighted by Crippen LogP contribution is -2.31. The number of para-hydroxylation sites is 1. The number of rotatable bonds is 3. The van der Waals surface area contributed by atoms with E-state index in [4.69, 9.17) is 9.97 Å². The van der Waals surface area contributed by atoms with Gasteiger partial charge in [-0.2, -0.15) is 0 Å². The summed E-state index contributed by atoms with van der Waals surface area (Å²) in [5, 5.41) is 12.2. The van der Waals surface area contributed by atoms with E-state index in [1.807, 2.05) is 66.9 Å². The molecule has 224 valence electrons. The normalized spacial score (nSPS) is 12.9. The van der Waals surface area contributed by atoms with Gasteiger partial charge in [0.15, 0.2) is 5.75 Å². The molecule has 1 aliphatic rings. The average molecular weight is 606 g/mol. The molecule has 0 aliphatic carbocycles. The lowest BCUT2D eigenvalue weighted by Gasteiger charge is -2.41. The van der Waals surface area contributed by atoms with E-state index in [0.717, 1.165) is 50.5 Å². The standard InChI is InChI=1S/C43H31N3O/c1-43(2)35-15-9-10-16-38(35)46(40-28-33(25-26-44-40)30-13-7-4-8-14-30)39-27-34(21-23-36(39)43)37-24-22-31-19-20-32(42(47)41(31)45-37)18-17-29-11-5-3-6-12-29/h3-16,19-28,47H,1-2H3. The van der Waals surface area contributed by atoms with Crippen LogP contribution < -0.4 is 4.90 Å². The first-order chi connectivity index (χ1) is 23.0. The maximum absolute atomic E-state index is 11.3. The third-order valence-corrected chi connectivity index (χ3v) is 9.06. The first kappa shape index (κ1) is 28.3. The van der Waals surface area contributed by atoms with Gasteiger partial charge in [0.25, 0.3) is 0 Å². The van der Waals surface area contributed by atoms with Crippen molar-refractivity contribution in [2.45, 2.75) is 19.3 Å². The Balaban J connectivity index is 1.26. The summed E-state index contributed by atoms with van der Waals surface area (Å²) in [6.45, 7) is 4.56. The van der Waals surface area contributed by atoms with Crippen LogP contribution in [0.3, 0.4) is 0 Å². The van der Waals surface area contributed by atoms with Gasteiger partial charge in [-0.05, 0) is 70.8 Å². The number of anilines is 3. The smallest absolute Gasteiger partial charge is 0.157 e. The van der Waals surface area contributed by atoms with Gasteiger partial charge < -0.3 is 5.11 Å². The predicted octanol–water partition coefficient (Wildman–Crippen LogP) is 10.2. The summed E-state index contributed by atoms with van der Waals surface area (Å²) in [4.78, 5) is 12.2. The number of hydrogen-bond donors (Lipinski definition) is 1. The summed E-state index contributed by atoms with van der Waals surface area (Å²) in [5.74, 6) is 7.21. The second-order valence-electron chi connectivity index (χ2n) is 12.3. The minimum Gasteiger partial charge on any atom is -0.504 e. The van der Waals surface area contributed by atoms with Crippen LogP contribution >= 0.6 is 0 Å². The van der Waals surface area contributed by atoms with Crippen molar-refractivity contribution in [1.82, 2.24) is 9.97 Å². The molecule has 0 saturated heterocycles. The van der Waals surface area contributed by atoms with Gasteiger partial charge in [-0.3, -0.25) is 4.90 Å². The van der Waals surface area contributed by atoms with E-state index in [-0.39, 0.29) is 11.2 Å². The minimum absolute atomic E-state index is 0.0874. The molecule has 47 heavy (non-hydrogen) atoms. The Kier molecular flexibility index (Phi) is 6.82. The van der Waals surface area contributed by atoms with Crippen LogP contribution in [-0.4, -0.2) is 15.1 Å². The second-order valence-corrected chi connectivity index (χ2v) is 12.3. The number of fused-ring (bicyclic) bond motifs is 3. The Bertz CT molecular complexity index is 2350. The van der Waals surface area contributed by atoms with Crippen LogP contribution in [-0.2, 0) is 5.41 Å². The van der Waals surface area contributed by atoms with Crippen molar-refractivity contribution in [1.29, 1.82) is 0 Å². The molecule has 3 heterocycles. The van der Waals surface area contributed by atoms with Crippen molar-refractivity contribution in [2.75, 3.05) is 4.90 Å². The topological polar surface area (TPSA) is 49.2 Å². The molecule has 0 amide bonds. The predicted molar refractivity (Wildman–Crippen MR) is 191 cm³/mol. The summed E-state index contributed by atoms with van der Waals surface area (Å²) >= 11 is 0. The average Bonchev–Trinajstić information content (AvgIpc) is 3.12. The molecule has 4 heteroatoms. The highest BCUT2D eigenvalue weighted by Crippen LogP contribution is 2.52. The summed E-state index contributed by atoms with van der Waals surface area (Å²) in [6, 6.07) is 47.3. The third kappa shape index (κ3) is 4.99. The monoisotopic (exact) mass is 605 g/mol. The highest BCUT2D eigenvalue weighted by molar-refractivity contribution is 5.91. The van der Waals surface area contributed by atoms with Crippen molar-refractivity contribution in [2.24, 2.45) is 0 Å². The van der Waals surface area contributed by atoms with Crippen molar-refractivity contribution in [3.63, 3.8) is 0 Å². The molecule has 7 aromatic rings. The first-order valence-corrected chi connectivity index (χ1v) is 15.7. The molecule has 0 spiro atoms. The van der Waals surface area contributed by atoms with Crippen LogP contribution in [0, 0.1) is 11.8 Å². The van der Waals surface area contributed by atoms with E-state index in [2.05, 4.69) is 109 Å². The highest BCUT2D eigenvalue weighted by atomic mass is 16.3. The van der Waals surface area contributed by atoms with Gasteiger partial charge in [-0.15, -0.1) is 0 Å². The molecule has 0 bridgehead atoms. The van der Waals surface area contributed by atoms with E-state index in [1.165, 1.54) is 11.1 Å². The van der Waals surface area contributed by atoms with Gasteiger partial charge in [0.2, 0.25) is 0 Å². The molecule has 1 N–H and O–H groups in total. The molecule has 2 aromatic heterocycles. The van der Waals surface area contributed by atoms with Crippen LogP contribution in [0.2, 0.25) is 0 Å². The Morgan fingerprint density at radius 3 is 2.17 bits per heavy atom. The summed E-state index contributed by atoms with van der Waals surface area (Å²) < 4.78 is 0. The van der Waals surface area contributed by atoms with Gasteiger partial charge in [0.1, 0.15) is 11.3 Å². The lowest BCUT2D eigenvalue weighted by molar-refractivity contribution is 0.479. The zero-order chi connectivity index (χ0) is 32.0. The molecule has 1 aliphatic heterocycles. The van der Waals surface area contributed by atoms with E-state index in [0.29, 0.717) is 11.1 Å². The number of pyridine rings is 2. The summed E-state index contributed by atoms with van der Waals surface area (Å²) in [6.07, 6.45) is 1.88. The molecule has 8 rings (SSSR count). The Morgan fingerprint density at radius 2 is 1.34 bits per heavy atom. The molecule has 5 aromatic carbocycles. The second kappa shape index (κ2) is 11.3. The fourth-order valence-corrected chi connectivity index (χ4v) is 6.57. The maximum atomic E-state index is 11.3. The summed E-state index contributed by atoms with van der Waals surface area (Å²) in [5.41, 5.74) is 10.3. The fraction of sp³-hybridized carbons (Fsp3) is 0.0698. The number of aromatic nitrogens is 2. The van der Waals surface area contributed by atoms with Gasteiger partial charge in [-0.1, -0.05) is 117 Å². The Morgan fingerprint density at radius 1 is 0.617 bits per heavy atom. The van der Waals surface area contributed by atoms with Crippen LogP contribution in [0.15, 0.2) is 146 Å². The van der Waals surface area contributed by atoms with Crippen molar-refractivity contribution in [3.05, 3.63) is 168 Å². The number of benzene rings is 5. The minimum atomic E-state index is -0.237. The molecule has 0 fully saturated rings. The van der Waals surface area contributed by atoms with Crippen LogP contribution in [0.25, 0.3) is 33.3 Å². The van der Waals surface area contributed by atoms with Crippen molar-refractivity contribution in [3.8, 4) is 40.0 Å². The molecule has 0 radical (unpaired) electrons. The Hall–Kier alpha value is -6.18. The first-order valence-electron chi connectivity index (χ1n) is 15.7. The number of phenols is 1. The van der Waals surface area contributed by atoms with E-state index < -0.39 is 0 Å². The van der Waals surface area contributed by atoms with Crippen LogP contribution in [0.1, 0.15) is 36.1 Å². The molecule has 0 atom stereocenters. The zero-order valence-corrected chi connectivity index (χ0v) is 26.1. The van der Waals surface area contributed by atoms with Gasteiger partial charge in [0.05, 0.1) is 22.6 Å². The molecule has 0 unspecified atom stereocenters. The fourth-order valence-electron chi connectivity index (χ4n) is 6.57. The third-order valence-electron chi connectivity index (χ3n) is 9.06. The van der Waals surface area contributed by atoms with E-state index in [1.54, 1.807) is 0 Å². The molecular weight excluding hydrogens is 574 g/mol. The largest absolute Gasteiger partial charge is 0.504 e. The number of phenolic OH excluding ortho intramolecular Hbond substituents is 1. The van der Waals surface area contributed by atoms with Crippen molar-refractivity contribution < 1.29 is 5.11 Å². The van der Waals surface area contributed by atoms with E-state index in [9.17, 15) is 5.11 Å². The molecular formula is C43H31N3O. The number of nitrogens with zero attached hydrogens (tertiary/aromatic N) is 3. The number of hydrogen-bond acceptors (Lipinski definition) is 4. The van der Waals surface area contributed by atoms with E-state index >= 15 is 0 Å². The lowest BCUT2D eigenvalue weighted by atomic mass is 9.73. The molecule has 4 nitrogen and oxygen atoms in total. The molecule has 0 saturated carbocycles. The quantitative estimate of drug-likeness (QED) is 0.204. The Labute approximate surface area is 274 Å². The van der Waals surface area contributed by atoms with Crippen LogP contribution in [0.4, 0.5) is 17.2 Å². The highest BCUT2D eigenvalue weighted by Gasteiger charge is 2.37. The van der Waals surface area contributed by atoms with Crippen molar-refractivity contribution >= 4 is 28.1 Å².